The number of fused-ring (bicyclic) bond motifs is 1. The van der Waals surface area contributed by atoms with Gasteiger partial charge in [-0.05, 0) is 92.3 Å². The van der Waals surface area contributed by atoms with Gasteiger partial charge in [0.2, 0.25) is 0 Å². The number of hydrogen-bond acceptors (Lipinski definition) is 6. The number of aromatic amines is 1. The monoisotopic (exact) mass is 641 g/mol. The van der Waals surface area contributed by atoms with Crippen molar-refractivity contribution >= 4 is 28.7 Å². The first-order chi connectivity index (χ1) is 23.0. The van der Waals surface area contributed by atoms with Gasteiger partial charge in [-0.25, -0.2) is 4.79 Å². The van der Waals surface area contributed by atoms with Gasteiger partial charge in [-0.15, -0.1) is 0 Å². The summed E-state index contributed by atoms with van der Waals surface area (Å²) in [7, 11) is 0. The highest BCUT2D eigenvalue weighted by Crippen LogP contribution is 2.40. The number of nitriles is 1. The highest BCUT2D eigenvalue weighted by molar-refractivity contribution is 6.01. The number of hydrogen-bond donors (Lipinski definition) is 2. The van der Waals surface area contributed by atoms with Gasteiger partial charge in [0.1, 0.15) is 18.8 Å². The van der Waals surface area contributed by atoms with Crippen molar-refractivity contribution < 1.29 is 23.9 Å². The average molecular weight is 642 g/mol. The number of H-pyrrole nitrogens is 1. The molecule has 1 heterocycles. The van der Waals surface area contributed by atoms with Gasteiger partial charge in [-0.1, -0.05) is 67.1 Å². The van der Waals surface area contributed by atoms with Crippen LogP contribution in [-0.4, -0.2) is 35.0 Å². The van der Waals surface area contributed by atoms with Crippen LogP contribution >= 0.6 is 0 Å². The van der Waals surface area contributed by atoms with E-state index in [1.807, 2.05) is 73.8 Å². The first-order valence-corrected chi connectivity index (χ1v) is 15.9. The highest BCUT2D eigenvalue weighted by Gasteiger charge is 2.25. The van der Waals surface area contributed by atoms with E-state index in [-0.39, 0.29) is 19.1 Å². The second-order valence-corrected chi connectivity index (χ2v) is 12.8. The van der Waals surface area contributed by atoms with Crippen LogP contribution in [0.2, 0.25) is 0 Å². The topological polar surface area (TPSA) is 121 Å². The molecule has 5 aromatic rings. The largest absolute Gasteiger partial charge is 0.459 e. The van der Waals surface area contributed by atoms with Crippen molar-refractivity contribution in [3.05, 3.63) is 130 Å². The normalized spacial score (nSPS) is 11.8. The van der Waals surface area contributed by atoms with Crippen LogP contribution in [0.4, 0.5) is 0 Å². The molecule has 0 saturated heterocycles. The summed E-state index contributed by atoms with van der Waals surface area (Å²) < 4.78 is 11.1. The molecule has 1 atom stereocenters. The van der Waals surface area contributed by atoms with Gasteiger partial charge in [0.05, 0.1) is 17.2 Å². The Bertz CT molecular complexity index is 2010. The molecule has 1 amide bonds. The zero-order valence-electron chi connectivity index (χ0n) is 27.8. The molecular formula is C40H39N3O5. The maximum absolute atomic E-state index is 13.7. The van der Waals surface area contributed by atoms with Gasteiger partial charge in [0, 0.05) is 28.6 Å². The summed E-state index contributed by atoms with van der Waals surface area (Å²) in [4.78, 5) is 42.8. The number of nitrogens with one attached hydrogen (secondary N) is 2. The van der Waals surface area contributed by atoms with Crippen LogP contribution in [-0.2, 0) is 20.9 Å². The number of esters is 2. The van der Waals surface area contributed by atoms with Gasteiger partial charge < -0.3 is 19.8 Å². The Morgan fingerprint density at radius 3 is 2.40 bits per heavy atom. The Hall–Kier alpha value is -5.68. The second-order valence-electron chi connectivity index (χ2n) is 12.8. The van der Waals surface area contributed by atoms with E-state index in [2.05, 4.69) is 23.3 Å². The van der Waals surface area contributed by atoms with E-state index in [4.69, 9.17) is 9.47 Å². The van der Waals surface area contributed by atoms with Crippen LogP contribution in [0.25, 0.3) is 22.0 Å². The standard InChI is InChI=1S/C40H39N3O5/c1-6-29(35-22-42-36-19-27(21-41)13-16-32(35)36)30-17-14-28(38(45)43-23-37(44)48-40(3,4)5)20-33(30)31-15-12-25(2)18-34(31)39(46)47-24-26-10-8-7-9-11-26/h7-20,22,29,42H,6,23-24H2,1-5H3,(H,43,45). The number of nitrogens with zero attached hydrogens (tertiary/aromatic N) is 1. The van der Waals surface area contributed by atoms with Crippen LogP contribution in [0.1, 0.15) is 88.6 Å². The quantitative estimate of drug-likeness (QED) is 0.149. The molecule has 1 unspecified atom stereocenters. The van der Waals surface area contributed by atoms with E-state index >= 15 is 0 Å². The number of carbonyl (C=O) groups is 3. The van der Waals surface area contributed by atoms with Crippen LogP contribution < -0.4 is 5.32 Å². The van der Waals surface area contributed by atoms with Crippen molar-refractivity contribution in [1.29, 1.82) is 5.26 Å². The van der Waals surface area contributed by atoms with Crippen LogP contribution in [0.5, 0.6) is 0 Å². The van der Waals surface area contributed by atoms with Crippen LogP contribution in [0.3, 0.4) is 0 Å². The molecular weight excluding hydrogens is 602 g/mol. The van der Waals surface area contributed by atoms with Crippen molar-refractivity contribution in [3.8, 4) is 17.2 Å². The SMILES string of the molecule is CCC(c1ccc(C(=O)NCC(=O)OC(C)(C)C)cc1-c1ccc(C)cc1C(=O)OCc1ccccc1)c1c[nH]c2cc(C#N)ccc12. The molecule has 0 radical (unpaired) electrons. The summed E-state index contributed by atoms with van der Waals surface area (Å²) in [5, 5.41) is 13.1. The predicted molar refractivity (Wildman–Crippen MR) is 186 cm³/mol. The van der Waals surface area contributed by atoms with E-state index < -0.39 is 23.4 Å². The van der Waals surface area contributed by atoms with Gasteiger partial charge in [-0.3, -0.25) is 9.59 Å². The minimum atomic E-state index is -0.679. The molecule has 0 fully saturated rings. The average Bonchev–Trinajstić information content (AvgIpc) is 3.49. The van der Waals surface area contributed by atoms with E-state index in [1.165, 1.54) is 0 Å². The molecule has 0 spiro atoms. The summed E-state index contributed by atoms with van der Waals surface area (Å²) in [6.45, 7) is 9.13. The fourth-order valence-electron chi connectivity index (χ4n) is 5.84. The minimum absolute atomic E-state index is 0.116. The number of amides is 1. The van der Waals surface area contributed by atoms with Gasteiger partial charge in [0.15, 0.2) is 0 Å². The van der Waals surface area contributed by atoms with E-state index in [0.29, 0.717) is 34.2 Å². The molecule has 48 heavy (non-hydrogen) atoms. The van der Waals surface area contributed by atoms with Crippen molar-refractivity contribution in [2.24, 2.45) is 0 Å². The summed E-state index contributed by atoms with van der Waals surface area (Å²) in [6.07, 6.45) is 2.67. The molecule has 1 aromatic heterocycles. The third kappa shape index (κ3) is 7.81. The van der Waals surface area contributed by atoms with E-state index in [0.717, 1.165) is 33.2 Å². The predicted octanol–water partition coefficient (Wildman–Crippen LogP) is 7.99. The van der Waals surface area contributed by atoms with E-state index in [9.17, 15) is 19.6 Å². The van der Waals surface area contributed by atoms with Gasteiger partial charge in [0.25, 0.3) is 5.91 Å². The number of aryl methyl sites for hydroxylation is 1. The Morgan fingerprint density at radius 2 is 1.69 bits per heavy atom. The number of rotatable bonds is 10. The Kier molecular flexibility index (Phi) is 10.1. The molecule has 244 valence electrons. The Morgan fingerprint density at radius 1 is 0.917 bits per heavy atom. The third-order valence-corrected chi connectivity index (χ3v) is 8.03. The number of carbonyl (C=O) groups excluding carboxylic acids is 3. The second kappa shape index (κ2) is 14.4. The molecule has 0 aliphatic heterocycles. The van der Waals surface area contributed by atoms with Crippen molar-refractivity contribution in [3.63, 3.8) is 0 Å². The molecule has 4 aromatic carbocycles. The first kappa shape index (κ1) is 33.7. The zero-order chi connectivity index (χ0) is 34.4. The summed E-state index contributed by atoms with van der Waals surface area (Å²) in [6, 6.07) is 28.3. The smallest absolute Gasteiger partial charge is 0.339 e. The summed E-state index contributed by atoms with van der Waals surface area (Å²) in [5.74, 6) is -1.60. The van der Waals surface area contributed by atoms with Gasteiger partial charge in [-0.2, -0.15) is 5.26 Å². The van der Waals surface area contributed by atoms with Gasteiger partial charge >= 0.3 is 11.9 Å². The van der Waals surface area contributed by atoms with Crippen molar-refractivity contribution in [2.45, 2.75) is 59.2 Å². The molecule has 0 bridgehead atoms. The molecule has 8 heteroatoms. The van der Waals surface area contributed by atoms with Crippen molar-refractivity contribution in [2.75, 3.05) is 6.54 Å². The molecule has 2 N–H and O–H groups in total. The Labute approximate surface area is 280 Å². The van der Waals surface area contributed by atoms with Crippen LogP contribution in [0, 0.1) is 18.3 Å². The van der Waals surface area contributed by atoms with Crippen molar-refractivity contribution in [1.82, 2.24) is 10.3 Å². The molecule has 5 rings (SSSR count). The molecule has 0 aliphatic carbocycles. The molecule has 0 aliphatic rings. The molecule has 8 nitrogen and oxygen atoms in total. The molecule has 0 saturated carbocycles. The zero-order valence-corrected chi connectivity index (χ0v) is 27.8. The number of aromatic nitrogens is 1. The maximum Gasteiger partial charge on any atom is 0.339 e. The fourth-order valence-corrected chi connectivity index (χ4v) is 5.84. The summed E-state index contributed by atoms with van der Waals surface area (Å²) >= 11 is 0. The Balaban J connectivity index is 1.59. The number of ether oxygens (including phenoxy) is 2. The lowest BCUT2D eigenvalue weighted by molar-refractivity contribution is -0.153. The van der Waals surface area contributed by atoms with E-state index in [1.54, 1.807) is 45.0 Å². The lowest BCUT2D eigenvalue weighted by Gasteiger charge is -2.22. The lowest BCUT2D eigenvalue weighted by atomic mass is 9.82. The third-order valence-electron chi connectivity index (χ3n) is 8.03. The minimum Gasteiger partial charge on any atom is -0.459 e. The maximum atomic E-state index is 13.7. The summed E-state index contributed by atoms with van der Waals surface area (Å²) in [5.41, 5.74) is 6.45. The fraction of sp³-hybridized carbons (Fsp3) is 0.250. The first-order valence-electron chi connectivity index (χ1n) is 15.9. The number of benzene rings is 4. The lowest BCUT2D eigenvalue weighted by Crippen LogP contribution is -2.34. The van der Waals surface area contributed by atoms with Crippen LogP contribution in [0.15, 0.2) is 91.1 Å². The highest BCUT2D eigenvalue weighted by atomic mass is 16.6.